The lowest BCUT2D eigenvalue weighted by Gasteiger charge is -2.10. The van der Waals surface area contributed by atoms with Gasteiger partial charge in [0.1, 0.15) is 11.5 Å². The lowest BCUT2D eigenvalue weighted by molar-refractivity contribution is -0.154. The number of aromatic nitrogens is 1. The standard InChI is InChI=1S/C19H21F3N2O4/c1-26-15-4-6-16(7-5-15)27-10-2-3-17(25)24-12-14-8-9-23-18(11-14)28-13-19(20,21)22/h4-9,11H,2-3,10,12-13H2,1H3,(H,24,25). The zero-order chi connectivity index (χ0) is 20.4. The molecular formula is C19H21F3N2O4. The van der Waals surface area contributed by atoms with E-state index >= 15 is 0 Å². The van der Waals surface area contributed by atoms with Crippen LogP contribution in [0.5, 0.6) is 17.4 Å². The molecule has 9 heteroatoms. The van der Waals surface area contributed by atoms with E-state index in [0.29, 0.717) is 24.3 Å². The molecule has 0 aliphatic carbocycles. The Kier molecular flexibility index (Phi) is 7.91. The van der Waals surface area contributed by atoms with Gasteiger partial charge in [0.05, 0.1) is 13.7 Å². The molecule has 152 valence electrons. The van der Waals surface area contributed by atoms with E-state index in [1.54, 1.807) is 37.4 Å². The first-order valence-electron chi connectivity index (χ1n) is 8.54. The number of carbonyl (C=O) groups is 1. The number of alkyl halides is 3. The number of rotatable bonds is 10. The predicted molar refractivity (Wildman–Crippen MR) is 95.4 cm³/mol. The van der Waals surface area contributed by atoms with E-state index in [2.05, 4.69) is 15.0 Å². The van der Waals surface area contributed by atoms with Gasteiger partial charge in [-0.1, -0.05) is 0 Å². The van der Waals surface area contributed by atoms with Crippen molar-refractivity contribution in [2.45, 2.75) is 25.6 Å². The summed E-state index contributed by atoms with van der Waals surface area (Å²) in [5.41, 5.74) is 0.593. The van der Waals surface area contributed by atoms with Gasteiger partial charge in [0, 0.05) is 25.2 Å². The van der Waals surface area contributed by atoms with Crippen LogP contribution in [0.15, 0.2) is 42.6 Å². The third-order valence-corrected chi connectivity index (χ3v) is 3.55. The molecule has 0 saturated heterocycles. The van der Waals surface area contributed by atoms with E-state index in [1.165, 1.54) is 12.3 Å². The normalized spacial score (nSPS) is 11.0. The van der Waals surface area contributed by atoms with E-state index in [4.69, 9.17) is 9.47 Å². The molecule has 0 aliphatic rings. The summed E-state index contributed by atoms with van der Waals surface area (Å²) in [4.78, 5) is 15.6. The molecule has 0 aliphatic heterocycles. The fraction of sp³-hybridized carbons (Fsp3) is 0.368. The second kappa shape index (κ2) is 10.4. The van der Waals surface area contributed by atoms with E-state index in [-0.39, 0.29) is 24.8 Å². The van der Waals surface area contributed by atoms with Gasteiger partial charge in [-0.05, 0) is 42.3 Å². The molecule has 0 radical (unpaired) electrons. The van der Waals surface area contributed by atoms with Gasteiger partial charge in [-0.3, -0.25) is 4.79 Å². The Hall–Kier alpha value is -2.97. The summed E-state index contributed by atoms with van der Waals surface area (Å²) in [5, 5.41) is 2.70. The maximum absolute atomic E-state index is 12.2. The van der Waals surface area contributed by atoms with Gasteiger partial charge in [-0.15, -0.1) is 0 Å². The Bertz CT molecular complexity index is 752. The van der Waals surface area contributed by atoms with E-state index in [0.717, 1.165) is 5.75 Å². The summed E-state index contributed by atoms with van der Waals surface area (Å²) in [6.07, 6.45) is -2.32. The van der Waals surface area contributed by atoms with Crippen molar-refractivity contribution in [3.05, 3.63) is 48.2 Å². The molecule has 0 fully saturated rings. The number of methoxy groups -OCH3 is 1. The lowest BCUT2D eigenvalue weighted by Crippen LogP contribution is -2.23. The number of carbonyl (C=O) groups excluding carboxylic acids is 1. The third kappa shape index (κ3) is 8.15. The predicted octanol–water partition coefficient (Wildman–Crippen LogP) is 3.51. The Labute approximate surface area is 160 Å². The van der Waals surface area contributed by atoms with Gasteiger partial charge < -0.3 is 19.5 Å². The molecular weight excluding hydrogens is 377 g/mol. The summed E-state index contributed by atoms with van der Waals surface area (Å²) in [6.45, 7) is -0.864. The Morgan fingerprint density at radius 3 is 2.50 bits per heavy atom. The topological polar surface area (TPSA) is 69.7 Å². The molecule has 1 N–H and O–H groups in total. The Morgan fingerprint density at radius 1 is 1.11 bits per heavy atom. The molecule has 0 spiro atoms. The summed E-state index contributed by atoms with van der Waals surface area (Å²) >= 11 is 0. The van der Waals surface area contributed by atoms with Crippen LogP contribution in [0.1, 0.15) is 18.4 Å². The van der Waals surface area contributed by atoms with Crippen molar-refractivity contribution >= 4 is 5.91 Å². The van der Waals surface area contributed by atoms with Gasteiger partial charge in [0.15, 0.2) is 6.61 Å². The minimum Gasteiger partial charge on any atom is -0.497 e. The maximum Gasteiger partial charge on any atom is 0.422 e. The molecule has 1 aromatic heterocycles. The zero-order valence-electron chi connectivity index (χ0n) is 15.3. The van der Waals surface area contributed by atoms with Crippen LogP contribution in [-0.2, 0) is 11.3 Å². The summed E-state index contributed by atoms with van der Waals surface area (Å²) in [5.74, 6) is 1.09. The van der Waals surface area contributed by atoms with Gasteiger partial charge in [-0.2, -0.15) is 13.2 Å². The van der Waals surface area contributed by atoms with Gasteiger partial charge in [0.25, 0.3) is 0 Å². The number of hydrogen-bond donors (Lipinski definition) is 1. The van der Waals surface area contributed by atoms with Crippen molar-refractivity contribution in [1.82, 2.24) is 10.3 Å². The zero-order valence-corrected chi connectivity index (χ0v) is 15.3. The van der Waals surface area contributed by atoms with Crippen LogP contribution in [0.25, 0.3) is 0 Å². The van der Waals surface area contributed by atoms with Crippen molar-refractivity contribution in [2.24, 2.45) is 0 Å². The number of halogens is 3. The average molecular weight is 398 g/mol. The maximum atomic E-state index is 12.2. The SMILES string of the molecule is COc1ccc(OCCCC(=O)NCc2ccnc(OCC(F)(F)F)c2)cc1. The highest BCUT2D eigenvalue weighted by atomic mass is 19.4. The largest absolute Gasteiger partial charge is 0.497 e. The second-order valence-corrected chi connectivity index (χ2v) is 5.81. The molecule has 0 saturated carbocycles. The quantitative estimate of drug-likeness (QED) is 0.621. The van der Waals surface area contributed by atoms with Crippen LogP contribution in [0.3, 0.4) is 0 Å². The molecule has 1 aromatic carbocycles. The first-order valence-corrected chi connectivity index (χ1v) is 8.54. The first kappa shape index (κ1) is 21.3. The van der Waals surface area contributed by atoms with E-state index < -0.39 is 12.8 Å². The third-order valence-electron chi connectivity index (χ3n) is 3.55. The number of ether oxygens (including phenoxy) is 3. The molecule has 0 bridgehead atoms. The summed E-state index contributed by atoms with van der Waals surface area (Å²) < 4.78 is 51.7. The minimum absolute atomic E-state index is 0.142. The van der Waals surface area contributed by atoms with Gasteiger partial charge in [-0.25, -0.2) is 4.98 Å². The van der Waals surface area contributed by atoms with Crippen LogP contribution in [0.4, 0.5) is 13.2 Å². The number of nitrogens with one attached hydrogen (secondary N) is 1. The number of nitrogens with zero attached hydrogens (tertiary/aromatic N) is 1. The van der Waals surface area contributed by atoms with E-state index in [1.807, 2.05) is 0 Å². The fourth-order valence-electron chi connectivity index (χ4n) is 2.18. The Morgan fingerprint density at radius 2 is 1.82 bits per heavy atom. The van der Waals surface area contributed by atoms with Crippen molar-refractivity contribution in [2.75, 3.05) is 20.3 Å². The van der Waals surface area contributed by atoms with Crippen LogP contribution < -0.4 is 19.5 Å². The second-order valence-electron chi connectivity index (χ2n) is 5.81. The highest BCUT2D eigenvalue weighted by Crippen LogP contribution is 2.18. The summed E-state index contributed by atoms with van der Waals surface area (Å²) in [6, 6.07) is 10.1. The van der Waals surface area contributed by atoms with Crippen molar-refractivity contribution in [3.63, 3.8) is 0 Å². The molecule has 1 heterocycles. The van der Waals surface area contributed by atoms with Crippen LogP contribution >= 0.6 is 0 Å². The number of amides is 1. The van der Waals surface area contributed by atoms with Gasteiger partial charge >= 0.3 is 6.18 Å². The van der Waals surface area contributed by atoms with Crippen molar-refractivity contribution < 1.29 is 32.2 Å². The molecule has 1 amide bonds. The van der Waals surface area contributed by atoms with E-state index in [9.17, 15) is 18.0 Å². The first-order chi connectivity index (χ1) is 13.4. The average Bonchev–Trinajstić information content (AvgIpc) is 2.68. The monoisotopic (exact) mass is 398 g/mol. The molecule has 0 unspecified atom stereocenters. The van der Waals surface area contributed by atoms with Crippen LogP contribution in [-0.4, -0.2) is 37.4 Å². The number of pyridine rings is 1. The van der Waals surface area contributed by atoms with Crippen LogP contribution in [0, 0.1) is 0 Å². The van der Waals surface area contributed by atoms with Gasteiger partial charge in [0.2, 0.25) is 11.8 Å². The molecule has 6 nitrogen and oxygen atoms in total. The minimum atomic E-state index is -4.43. The fourth-order valence-corrected chi connectivity index (χ4v) is 2.18. The van der Waals surface area contributed by atoms with Crippen molar-refractivity contribution in [3.8, 4) is 17.4 Å². The Balaban J connectivity index is 1.66. The highest BCUT2D eigenvalue weighted by molar-refractivity contribution is 5.75. The highest BCUT2D eigenvalue weighted by Gasteiger charge is 2.28. The molecule has 2 rings (SSSR count). The molecule has 28 heavy (non-hydrogen) atoms. The summed E-state index contributed by atoms with van der Waals surface area (Å²) in [7, 11) is 1.58. The smallest absolute Gasteiger partial charge is 0.422 e. The van der Waals surface area contributed by atoms with Crippen molar-refractivity contribution in [1.29, 1.82) is 0 Å². The lowest BCUT2D eigenvalue weighted by atomic mass is 10.2. The molecule has 2 aromatic rings. The molecule has 0 atom stereocenters. The van der Waals surface area contributed by atoms with Crippen LogP contribution in [0.2, 0.25) is 0 Å². The number of benzene rings is 1. The number of hydrogen-bond acceptors (Lipinski definition) is 5.